The van der Waals surface area contributed by atoms with Crippen molar-refractivity contribution in [1.29, 1.82) is 0 Å². The van der Waals surface area contributed by atoms with Crippen LogP contribution in [-0.4, -0.2) is 29.6 Å². The van der Waals surface area contributed by atoms with Gasteiger partial charge >= 0.3 is 18.5 Å². The zero-order valence-electron chi connectivity index (χ0n) is 12.7. The first-order chi connectivity index (χ1) is 12.0. The van der Waals surface area contributed by atoms with Crippen LogP contribution in [0, 0.1) is 0 Å². The van der Waals surface area contributed by atoms with E-state index in [0.717, 1.165) is 25.3 Å². The van der Waals surface area contributed by atoms with Crippen LogP contribution in [0.2, 0.25) is 0 Å². The fraction of sp³-hybridized carbons (Fsp3) is 0.214. The van der Waals surface area contributed by atoms with Gasteiger partial charge in [-0.25, -0.2) is 4.79 Å². The Morgan fingerprint density at radius 2 is 1.65 bits per heavy atom. The summed E-state index contributed by atoms with van der Waals surface area (Å²) in [5, 5.41) is 6.04. The van der Waals surface area contributed by atoms with E-state index in [2.05, 4.69) is 19.7 Å². The van der Waals surface area contributed by atoms with Crippen LogP contribution in [-0.2, 0) is 10.9 Å². The first-order valence-corrected chi connectivity index (χ1v) is 6.56. The number of esters is 1. The minimum Gasteiger partial charge on any atom is -0.465 e. The highest BCUT2D eigenvalue weighted by Gasteiger charge is 2.35. The predicted octanol–water partition coefficient (Wildman–Crippen LogP) is 3.97. The highest BCUT2D eigenvalue weighted by atomic mass is 19.4. The average molecular weight is 382 g/mol. The highest BCUT2D eigenvalue weighted by Crippen LogP contribution is 2.32. The van der Waals surface area contributed by atoms with Gasteiger partial charge in [-0.05, 0) is 18.2 Å². The lowest BCUT2D eigenvalue weighted by Gasteiger charge is -2.12. The standard InChI is InChI=1S/C14H8F6N2O4/c1-24-12(23)9-6-10(13(15,16)17)21-22-11(9)25-7-3-2-4-8(5-7)26-14(18,19)20/h2-6H,1H3. The third-order valence-electron chi connectivity index (χ3n) is 2.71. The number of carbonyl (C=O) groups is 1. The second-order valence-electron chi connectivity index (χ2n) is 4.56. The molecule has 2 aromatic rings. The molecule has 0 bridgehead atoms. The molecule has 0 spiro atoms. The summed E-state index contributed by atoms with van der Waals surface area (Å²) in [5.41, 5.74) is -2.18. The molecule has 0 N–H and O–H groups in total. The molecule has 0 atom stereocenters. The van der Waals surface area contributed by atoms with Crippen molar-refractivity contribution < 1.29 is 45.3 Å². The number of aromatic nitrogens is 2. The molecule has 12 heteroatoms. The highest BCUT2D eigenvalue weighted by molar-refractivity contribution is 5.91. The fourth-order valence-corrected chi connectivity index (χ4v) is 1.70. The second-order valence-corrected chi connectivity index (χ2v) is 4.56. The summed E-state index contributed by atoms with van der Waals surface area (Å²) < 4.78 is 87.8. The largest absolute Gasteiger partial charge is 0.573 e. The van der Waals surface area contributed by atoms with Gasteiger partial charge in [0.05, 0.1) is 7.11 Å². The van der Waals surface area contributed by atoms with Crippen LogP contribution in [0.4, 0.5) is 26.3 Å². The van der Waals surface area contributed by atoms with E-state index in [4.69, 9.17) is 4.74 Å². The van der Waals surface area contributed by atoms with E-state index in [1.807, 2.05) is 0 Å². The van der Waals surface area contributed by atoms with Crippen LogP contribution in [0.25, 0.3) is 0 Å². The van der Waals surface area contributed by atoms with Crippen LogP contribution in [0.1, 0.15) is 16.1 Å². The smallest absolute Gasteiger partial charge is 0.465 e. The van der Waals surface area contributed by atoms with Crippen LogP contribution in [0.15, 0.2) is 30.3 Å². The molecule has 0 saturated heterocycles. The molecule has 1 aromatic heterocycles. The van der Waals surface area contributed by atoms with E-state index in [9.17, 15) is 31.1 Å². The third-order valence-corrected chi connectivity index (χ3v) is 2.71. The molecule has 1 aromatic carbocycles. The van der Waals surface area contributed by atoms with Crippen molar-refractivity contribution in [2.24, 2.45) is 0 Å². The zero-order valence-corrected chi connectivity index (χ0v) is 12.7. The Morgan fingerprint density at radius 1 is 1.00 bits per heavy atom. The Hall–Kier alpha value is -3.05. The first kappa shape index (κ1) is 19.3. The molecule has 1 heterocycles. The lowest BCUT2D eigenvalue weighted by atomic mass is 10.2. The summed E-state index contributed by atoms with van der Waals surface area (Å²) >= 11 is 0. The van der Waals surface area contributed by atoms with Crippen LogP contribution in [0.3, 0.4) is 0 Å². The van der Waals surface area contributed by atoms with Gasteiger partial charge in [0.15, 0.2) is 5.69 Å². The summed E-state index contributed by atoms with van der Waals surface area (Å²) in [7, 11) is 0.914. The number of hydrogen-bond acceptors (Lipinski definition) is 6. The van der Waals surface area contributed by atoms with Gasteiger partial charge in [0, 0.05) is 6.07 Å². The Morgan fingerprint density at radius 3 is 2.23 bits per heavy atom. The summed E-state index contributed by atoms with van der Waals surface area (Å²) in [6, 6.07) is 4.42. The van der Waals surface area contributed by atoms with Crippen LogP contribution in [0.5, 0.6) is 17.4 Å². The molecule has 26 heavy (non-hydrogen) atoms. The normalized spacial score (nSPS) is 11.8. The van der Waals surface area contributed by atoms with E-state index in [-0.39, 0.29) is 5.75 Å². The maximum atomic E-state index is 12.7. The lowest BCUT2D eigenvalue weighted by Crippen LogP contribution is -2.17. The molecule has 140 valence electrons. The van der Waals surface area contributed by atoms with Gasteiger partial charge in [0.2, 0.25) is 0 Å². The van der Waals surface area contributed by atoms with E-state index in [1.165, 1.54) is 6.07 Å². The van der Waals surface area contributed by atoms with Gasteiger partial charge in [0.1, 0.15) is 17.1 Å². The zero-order chi connectivity index (χ0) is 19.5. The van der Waals surface area contributed by atoms with E-state index < -0.39 is 41.4 Å². The number of benzene rings is 1. The maximum absolute atomic E-state index is 12.7. The number of methoxy groups -OCH3 is 1. The van der Waals surface area contributed by atoms with Crippen LogP contribution >= 0.6 is 0 Å². The molecule has 0 radical (unpaired) electrons. The monoisotopic (exact) mass is 382 g/mol. The van der Waals surface area contributed by atoms with Crippen molar-refractivity contribution in [2.45, 2.75) is 12.5 Å². The van der Waals surface area contributed by atoms with Gasteiger partial charge < -0.3 is 14.2 Å². The summed E-state index contributed by atoms with van der Waals surface area (Å²) in [6.45, 7) is 0. The molecule has 0 amide bonds. The topological polar surface area (TPSA) is 70.5 Å². The third kappa shape index (κ3) is 4.97. The Kier molecular flexibility index (Phi) is 5.23. The minimum atomic E-state index is -4.95. The molecular formula is C14H8F6N2O4. The molecular weight excluding hydrogens is 374 g/mol. The number of ether oxygens (including phenoxy) is 3. The van der Waals surface area contributed by atoms with Gasteiger partial charge in [-0.1, -0.05) is 6.07 Å². The van der Waals surface area contributed by atoms with E-state index in [0.29, 0.717) is 6.07 Å². The number of alkyl halides is 6. The second kappa shape index (κ2) is 7.06. The fourth-order valence-electron chi connectivity index (χ4n) is 1.70. The maximum Gasteiger partial charge on any atom is 0.573 e. The lowest BCUT2D eigenvalue weighted by molar-refractivity contribution is -0.274. The Labute approximate surface area is 141 Å². The first-order valence-electron chi connectivity index (χ1n) is 6.56. The quantitative estimate of drug-likeness (QED) is 0.589. The van der Waals surface area contributed by atoms with E-state index in [1.54, 1.807) is 0 Å². The molecule has 0 aliphatic rings. The van der Waals surface area contributed by atoms with Crippen molar-refractivity contribution in [2.75, 3.05) is 7.11 Å². The molecule has 2 rings (SSSR count). The van der Waals surface area contributed by atoms with Crippen molar-refractivity contribution in [3.63, 3.8) is 0 Å². The van der Waals surface area contributed by atoms with Gasteiger partial charge in [-0.3, -0.25) is 0 Å². The summed E-state index contributed by atoms with van der Waals surface area (Å²) in [4.78, 5) is 11.6. The van der Waals surface area contributed by atoms with Crippen molar-refractivity contribution >= 4 is 5.97 Å². The molecule has 6 nitrogen and oxygen atoms in total. The number of rotatable bonds is 4. The predicted molar refractivity (Wildman–Crippen MR) is 71.6 cm³/mol. The molecule has 0 aliphatic heterocycles. The van der Waals surface area contributed by atoms with Gasteiger partial charge in [0.25, 0.3) is 5.88 Å². The summed E-state index contributed by atoms with van der Waals surface area (Å²) in [5.74, 6) is -2.82. The molecule has 0 fully saturated rings. The number of carbonyl (C=O) groups excluding carboxylic acids is 1. The van der Waals surface area contributed by atoms with Crippen molar-refractivity contribution in [3.05, 3.63) is 41.6 Å². The minimum absolute atomic E-state index is 0.286. The molecule has 0 unspecified atom stereocenters. The Balaban J connectivity index is 2.37. The Bertz CT molecular complexity index is 807. The number of halogens is 6. The average Bonchev–Trinajstić information content (AvgIpc) is 2.52. The summed E-state index contributed by atoms with van der Waals surface area (Å²) in [6.07, 6.45) is -9.83. The number of nitrogens with zero attached hydrogens (tertiary/aromatic N) is 2. The molecule has 0 saturated carbocycles. The molecule has 0 aliphatic carbocycles. The van der Waals surface area contributed by atoms with Crippen molar-refractivity contribution in [3.8, 4) is 17.4 Å². The number of hydrogen-bond donors (Lipinski definition) is 0. The van der Waals surface area contributed by atoms with E-state index >= 15 is 0 Å². The van der Waals surface area contributed by atoms with Crippen LogP contribution < -0.4 is 9.47 Å². The van der Waals surface area contributed by atoms with Gasteiger partial charge in [-0.15, -0.1) is 23.4 Å². The SMILES string of the molecule is COC(=O)c1cc(C(F)(F)F)nnc1Oc1cccc(OC(F)(F)F)c1. The van der Waals surface area contributed by atoms with Crippen molar-refractivity contribution in [1.82, 2.24) is 10.2 Å². The van der Waals surface area contributed by atoms with Gasteiger partial charge in [-0.2, -0.15) is 13.2 Å².